The van der Waals surface area contributed by atoms with Crippen LogP contribution in [0, 0.1) is 0 Å². The van der Waals surface area contributed by atoms with Crippen LogP contribution in [0.4, 0.5) is 0 Å². The molecule has 3 nitrogen and oxygen atoms in total. The zero-order chi connectivity index (χ0) is 15.2. The van der Waals surface area contributed by atoms with E-state index in [-0.39, 0.29) is 6.10 Å². The van der Waals surface area contributed by atoms with Gasteiger partial charge in [0.25, 0.3) is 0 Å². The highest BCUT2D eigenvalue weighted by molar-refractivity contribution is 5.14. The average molecular weight is 302 g/mol. The lowest BCUT2D eigenvalue weighted by atomic mass is 10.0. The molecule has 3 rings (SSSR count). The largest absolute Gasteiger partial charge is 0.392 e. The van der Waals surface area contributed by atoms with Crippen LogP contribution in [0.1, 0.15) is 37.7 Å². The fourth-order valence-corrected chi connectivity index (χ4v) is 3.94. The molecule has 1 N–H and O–H groups in total. The molecule has 2 saturated heterocycles. The van der Waals surface area contributed by atoms with Gasteiger partial charge in [-0.25, -0.2) is 0 Å². The molecule has 22 heavy (non-hydrogen) atoms. The Bertz CT molecular complexity index is 422. The zero-order valence-electron chi connectivity index (χ0n) is 13.7. The predicted octanol–water partition coefficient (Wildman–Crippen LogP) is 2.54. The number of benzene rings is 1. The summed E-state index contributed by atoms with van der Waals surface area (Å²) in [5.74, 6) is 0. The van der Waals surface area contributed by atoms with Gasteiger partial charge in [-0.2, -0.15) is 0 Å². The van der Waals surface area contributed by atoms with Gasteiger partial charge >= 0.3 is 0 Å². The monoisotopic (exact) mass is 302 g/mol. The Kier molecular flexibility index (Phi) is 5.88. The van der Waals surface area contributed by atoms with E-state index in [1.165, 1.54) is 44.3 Å². The fourth-order valence-electron chi connectivity index (χ4n) is 3.94. The van der Waals surface area contributed by atoms with Crippen molar-refractivity contribution in [2.75, 3.05) is 32.7 Å². The normalized spacial score (nSPS) is 23.0. The third-order valence-electron chi connectivity index (χ3n) is 5.29. The van der Waals surface area contributed by atoms with Crippen molar-refractivity contribution in [2.45, 2.75) is 50.7 Å². The highest BCUT2D eigenvalue weighted by atomic mass is 16.3. The van der Waals surface area contributed by atoms with E-state index in [0.717, 1.165) is 38.5 Å². The van der Waals surface area contributed by atoms with Crippen LogP contribution in [0.3, 0.4) is 0 Å². The van der Waals surface area contributed by atoms with E-state index < -0.39 is 0 Å². The smallest absolute Gasteiger partial charge is 0.0670 e. The number of piperidine rings is 1. The van der Waals surface area contributed by atoms with Crippen LogP contribution in [-0.4, -0.2) is 59.8 Å². The molecule has 0 saturated carbocycles. The first-order valence-corrected chi connectivity index (χ1v) is 8.99. The number of β-amino-alcohol motifs (C(OH)–C–C–N with tert-alkyl or cyclic N) is 1. The van der Waals surface area contributed by atoms with Crippen LogP contribution >= 0.6 is 0 Å². The van der Waals surface area contributed by atoms with Gasteiger partial charge < -0.3 is 14.9 Å². The fraction of sp³-hybridized carbons (Fsp3) is 0.684. The van der Waals surface area contributed by atoms with Crippen molar-refractivity contribution in [1.29, 1.82) is 0 Å². The highest BCUT2D eigenvalue weighted by Gasteiger charge is 2.26. The van der Waals surface area contributed by atoms with Crippen molar-refractivity contribution in [2.24, 2.45) is 0 Å². The lowest BCUT2D eigenvalue weighted by Crippen LogP contribution is -2.45. The van der Waals surface area contributed by atoms with Gasteiger partial charge in [0.1, 0.15) is 0 Å². The molecular formula is C19H30N2O. The van der Waals surface area contributed by atoms with E-state index >= 15 is 0 Å². The quantitative estimate of drug-likeness (QED) is 0.875. The Morgan fingerprint density at radius 3 is 2.36 bits per heavy atom. The molecule has 1 aromatic carbocycles. The van der Waals surface area contributed by atoms with Gasteiger partial charge in [-0.3, -0.25) is 0 Å². The van der Waals surface area contributed by atoms with Crippen LogP contribution in [0.2, 0.25) is 0 Å². The van der Waals surface area contributed by atoms with Gasteiger partial charge in [0.2, 0.25) is 0 Å². The number of aliphatic hydroxyl groups is 1. The predicted molar refractivity (Wildman–Crippen MR) is 91.0 cm³/mol. The van der Waals surface area contributed by atoms with Crippen LogP contribution in [-0.2, 0) is 6.42 Å². The Balaban J connectivity index is 1.35. The summed E-state index contributed by atoms with van der Waals surface area (Å²) < 4.78 is 0. The molecular weight excluding hydrogens is 272 g/mol. The first-order valence-electron chi connectivity index (χ1n) is 8.99. The van der Waals surface area contributed by atoms with Crippen molar-refractivity contribution in [3.8, 4) is 0 Å². The number of hydrogen-bond acceptors (Lipinski definition) is 3. The van der Waals surface area contributed by atoms with Crippen molar-refractivity contribution >= 4 is 0 Å². The summed E-state index contributed by atoms with van der Waals surface area (Å²) >= 11 is 0. The molecule has 0 amide bonds. The third kappa shape index (κ3) is 4.55. The molecule has 2 aliphatic rings. The van der Waals surface area contributed by atoms with Crippen molar-refractivity contribution in [1.82, 2.24) is 9.80 Å². The summed E-state index contributed by atoms with van der Waals surface area (Å²) in [6.45, 7) is 5.78. The molecule has 0 aliphatic carbocycles. The van der Waals surface area contributed by atoms with E-state index in [1.54, 1.807) is 0 Å². The van der Waals surface area contributed by atoms with Crippen molar-refractivity contribution < 1.29 is 5.11 Å². The molecule has 0 bridgehead atoms. The molecule has 2 heterocycles. The van der Waals surface area contributed by atoms with Gasteiger partial charge in [0.05, 0.1) is 6.10 Å². The van der Waals surface area contributed by atoms with Gasteiger partial charge in [0.15, 0.2) is 0 Å². The Hall–Kier alpha value is -0.900. The third-order valence-corrected chi connectivity index (χ3v) is 5.29. The molecule has 1 unspecified atom stereocenters. The summed E-state index contributed by atoms with van der Waals surface area (Å²) in [6, 6.07) is 11.3. The second-order valence-corrected chi connectivity index (χ2v) is 6.95. The summed E-state index contributed by atoms with van der Waals surface area (Å²) in [7, 11) is 0. The first-order chi connectivity index (χ1) is 10.8. The molecule has 3 heteroatoms. The summed E-state index contributed by atoms with van der Waals surface area (Å²) in [5.41, 5.74) is 1.33. The van der Waals surface area contributed by atoms with E-state index in [2.05, 4.69) is 34.1 Å². The Labute approximate surface area is 134 Å². The standard InChI is InChI=1S/C19H30N2O/c22-19(9-8-17-6-2-1-3-7-17)16-20-14-10-18(11-15-20)21-12-4-5-13-21/h1-3,6-7,18-19,22H,4-5,8-16H2. The van der Waals surface area contributed by atoms with Crippen LogP contribution in [0.5, 0.6) is 0 Å². The second kappa shape index (κ2) is 8.09. The maximum atomic E-state index is 10.3. The molecule has 0 spiro atoms. The number of rotatable bonds is 6. The molecule has 0 aromatic heterocycles. The van der Waals surface area contributed by atoms with Gasteiger partial charge in [-0.1, -0.05) is 30.3 Å². The van der Waals surface area contributed by atoms with Crippen LogP contribution in [0.15, 0.2) is 30.3 Å². The lowest BCUT2D eigenvalue weighted by Gasteiger charge is -2.37. The summed E-state index contributed by atoms with van der Waals surface area (Å²) in [4.78, 5) is 5.14. The minimum Gasteiger partial charge on any atom is -0.392 e. The Morgan fingerprint density at radius 1 is 1.00 bits per heavy atom. The molecule has 122 valence electrons. The molecule has 0 radical (unpaired) electrons. The lowest BCUT2D eigenvalue weighted by molar-refractivity contribution is 0.0702. The SMILES string of the molecule is OC(CCc1ccccc1)CN1CCC(N2CCCC2)CC1. The van der Waals surface area contributed by atoms with E-state index in [9.17, 15) is 5.11 Å². The topological polar surface area (TPSA) is 26.7 Å². The van der Waals surface area contributed by atoms with Gasteiger partial charge in [0, 0.05) is 12.6 Å². The molecule has 2 fully saturated rings. The Morgan fingerprint density at radius 2 is 1.68 bits per heavy atom. The van der Waals surface area contributed by atoms with E-state index in [4.69, 9.17) is 0 Å². The number of aliphatic hydroxyl groups excluding tert-OH is 1. The number of likely N-dealkylation sites (tertiary alicyclic amines) is 2. The minimum atomic E-state index is -0.191. The number of nitrogens with zero attached hydrogens (tertiary/aromatic N) is 2. The maximum absolute atomic E-state index is 10.3. The van der Waals surface area contributed by atoms with E-state index in [1.807, 2.05) is 6.07 Å². The number of aryl methyl sites for hydroxylation is 1. The zero-order valence-corrected chi connectivity index (χ0v) is 13.7. The molecule has 2 aliphatic heterocycles. The van der Waals surface area contributed by atoms with Crippen LogP contribution < -0.4 is 0 Å². The van der Waals surface area contributed by atoms with Crippen LogP contribution in [0.25, 0.3) is 0 Å². The summed E-state index contributed by atoms with van der Waals surface area (Å²) in [5, 5.41) is 10.3. The second-order valence-electron chi connectivity index (χ2n) is 6.95. The minimum absolute atomic E-state index is 0.191. The average Bonchev–Trinajstić information content (AvgIpc) is 3.09. The molecule has 1 atom stereocenters. The van der Waals surface area contributed by atoms with Crippen molar-refractivity contribution in [3.05, 3.63) is 35.9 Å². The number of hydrogen-bond donors (Lipinski definition) is 1. The highest BCUT2D eigenvalue weighted by Crippen LogP contribution is 2.21. The van der Waals surface area contributed by atoms with E-state index in [0.29, 0.717) is 0 Å². The maximum Gasteiger partial charge on any atom is 0.0670 e. The summed E-state index contributed by atoms with van der Waals surface area (Å²) in [6.07, 6.45) is 7.00. The van der Waals surface area contributed by atoms with Crippen molar-refractivity contribution in [3.63, 3.8) is 0 Å². The van der Waals surface area contributed by atoms with Gasteiger partial charge in [-0.15, -0.1) is 0 Å². The first kappa shape index (κ1) is 16.0. The molecule has 1 aromatic rings. The van der Waals surface area contributed by atoms with Gasteiger partial charge in [-0.05, 0) is 70.3 Å².